The second-order valence-electron chi connectivity index (χ2n) is 5.56. The molecule has 1 N–H and O–H groups in total. The molecule has 0 aromatic carbocycles. The van der Waals surface area contributed by atoms with Crippen molar-refractivity contribution < 1.29 is 9.90 Å². The minimum Gasteiger partial charge on any atom is -0.480 e. The van der Waals surface area contributed by atoms with E-state index in [1.807, 2.05) is 25.3 Å². The molecule has 1 aliphatic carbocycles. The first kappa shape index (κ1) is 13.1. The Hall–Kier alpha value is -1.39. The lowest BCUT2D eigenvalue weighted by Gasteiger charge is -2.27. The lowest BCUT2D eigenvalue weighted by molar-refractivity contribution is -0.142. The average molecular weight is 251 g/mol. The molecular formula is C13H21N3O2. The van der Waals surface area contributed by atoms with Crippen LogP contribution in [-0.2, 0) is 11.2 Å². The summed E-state index contributed by atoms with van der Waals surface area (Å²) in [5.41, 5.74) is 0. The third kappa shape index (κ3) is 2.40. The molecule has 18 heavy (non-hydrogen) atoms. The van der Waals surface area contributed by atoms with E-state index in [1.54, 1.807) is 0 Å². The van der Waals surface area contributed by atoms with Gasteiger partial charge in [-0.1, -0.05) is 33.1 Å². The summed E-state index contributed by atoms with van der Waals surface area (Å²) in [6, 6.07) is -0.560. The van der Waals surface area contributed by atoms with Crippen molar-refractivity contribution in [2.24, 2.45) is 11.8 Å². The summed E-state index contributed by atoms with van der Waals surface area (Å²) in [4.78, 5) is 11.4. The minimum atomic E-state index is -0.803. The molecule has 1 aromatic heterocycles. The highest BCUT2D eigenvalue weighted by atomic mass is 16.4. The first-order valence-corrected chi connectivity index (χ1v) is 6.64. The fourth-order valence-electron chi connectivity index (χ4n) is 2.56. The molecule has 2 rings (SSSR count). The number of carboxylic acid groups (broad SMARTS) is 1. The molecule has 0 bridgehead atoms. The largest absolute Gasteiger partial charge is 0.480 e. The Morgan fingerprint density at radius 1 is 1.44 bits per heavy atom. The maximum absolute atomic E-state index is 11.4. The summed E-state index contributed by atoms with van der Waals surface area (Å²) in [6.07, 6.45) is 4.60. The second kappa shape index (κ2) is 5.08. The van der Waals surface area contributed by atoms with Crippen molar-refractivity contribution in [3.63, 3.8) is 0 Å². The Balaban J connectivity index is 2.28. The maximum Gasteiger partial charge on any atom is 0.327 e. The lowest BCUT2D eigenvalue weighted by atomic mass is 9.83. The molecule has 1 fully saturated rings. The first-order valence-electron chi connectivity index (χ1n) is 6.64. The van der Waals surface area contributed by atoms with E-state index in [2.05, 4.69) is 10.2 Å². The van der Waals surface area contributed by atoms with Crippen molar-refractivity contribution in [1.82, 2.24) is 14.8 Å². The third-order valence-electron chi connectivity index (χ3n) is 3.80. The van der Waals surface area contributed by atoms with Gasteiger partial charge in [-0.3, -0.25) is 0 Å². The van der Waals surface area contributed by atoms with Crippen molar-refractivity contribution >= 4 is 5.97 Å². The van der Waals surface area contributed by atoms with Crippen LogP contribution >= 0.6 is 0 Å². The van der Waals surface area contributed by atoms with Crippen molar-refractivity contribution in [1.29, 1.82) is 0 Å². The van der Waals surface area contributed by atoms with Crippen LogP contribution in [0.5, 0.6) is 0 Å². The quantitative estimate of drug-likeness (QED) is 0.871. The van der Waals surface area contributed by atoms with Crippen molar-refractivity contribution in [2.45, 2.75) is 52.5 Å². The van der Waals surface area contributed by atoms with Crippen LogP contribution in [0.1, 0.15) is 50.8 Å². The first-order chi connectivity index (χ1) is 8.50. The Kier molecular flexibility index (Phi) is 3.68. The highest BCUT2D eigenvalue weighted by Gasteiger charge is 2.29. The molecule has 1 aromatic rings. The summed E-state index contributed by atoms with van der Waals surface area (Å²) in [6.45, 7) is 5.67. The van der Waals surface area contributed by atoms with Crippen LogP contribution in [0.15, 0.2) is 0 Å². The SMILES string of the molecule is Cc1nnc(CC2CCC2)n1C(C(=O)O)C(C)C. The van der Waals surface area contributed by atoms with Crippen LogP contribution in [0.3, 0.4) is 0 Å². The summed E-state index contributed by atoms with van der Waals surface area (Å²) in [5, 5.41) is 17.6. The Bertz CT molecular complexity index is 435. The van der Waals surface area contributed by atoms with Gasteiger partial charge in [0, 0.05) is 6.42 Å². The fraction of sp³-hybridized carbons (Fsp3) is 0.769. The van der Waals surface area contributed by atoms with Crippen LogP contribution in [0.25, 0.3) is 0 Å². The number of aliphatic carboxylic acids is 1. The summed E-state index contributed by atoms with van der Waals surface area (Å²) >= 11 is 0. The van der Waals surface area contributed by atoms with Crippen LogP contribution in [0.4, 0.5) is 0 Å². The molecule has 100 valence electrons. The molecule has 0 spiro atoms. The molecule has 1 unspecified atom stereocenters. The number of aromatic nitrogens is 3. The van der Waals surface area contributed by atoms with Gasteiger partial charge in [-0.15, -0.1) is 10.2 Å². The van der Waals surface area contributed by atoms with Crippen LogP contribution in [-0.4, -0.2) is 25.8 Å². The van der Waals surface area contributed by atoms with Crippen LogP contribution in [0, 0.1) is 18.8 Å². The molecule has 1 saturated carbocycles. The Morgan fingerprint density at radius 2 is 2.11 bits per heavy atom. The monoisotopic (exact) mass is 251 g/mol. The Labute approximate surface area is 107 Å². The molecule has 1 heterocycles. The van der Waals surface area contributed by atoms with Gasteiger partial charge < -0.3 is 9.67 Å². The van der Waals surface area contributed by atoms with Crippen molar-refractivity contribution in [3.8, 4) is 0 Å². The highest BCUT2D eigenvalue weighted by Crippen LogP contribution is 2.31. The number of hydrogen-bond donors (Lipinski definition) is 1. The minimum absolute atomic E-state index is 0.0253. The number of nitrogens with zero attached hydrogens (tertiary/aromatic N) is 3. The molecule has 0 radical (unpaired) electrons. The molecule has 5 nitrogen and oxygen atoms in total. The van der Waals surface area contributed by atoms with E-state index in [0.717, 1.165) is 12.2 Å². The number of hydrogen-bond acceptors (Lipinski definition) is 3. The zero-order chi connectivity index (χ0) is 13.3. The molecule has 1 atom stereocenters. The number of aryl methyl sites for hydroxylation is 1. The normalized spacial score (nSPS) is 17.8. The number of carboxylic acids is 1. The molecular weight excluding hydrogens is 230 g/mol. The van der Waals surface area contributed by atoms with Gasteiger partial charge in [0.15, 0.2) is 0 Å². The van der Waals surface area contributed by atoms with Gasteiger partial charge in [-0.25, -0.2) is 4.79 Å². The van der Waals surface area contributed by atoms with Gasteiger partial charge in [0.05, 0.1) is 0 Å². The fourth-order valence-corrected chi connectivity index (χ4v) is 2.56. The zero-order valence-electron chi connectivity index (χ0n) is 11.3. The number of carbonyl (C=O) groups is 1. The summed E-state index contributed by atoms with van der Waals surface area (Å²) in [5.74, 6) is 1.41. The van der Waals surface area contributed by atoms with E-state index in [0.29, 0.717) is 11.7 Å². The zero-order valence-corrected chi connectivity index (χ0v) is 11.3. The molecule has 0 aliphatic heterocycles. The molecule has 0 amide bonds. The van der Waals surface area contributed by atoms with E-state index in [-0.39, 0.29) is 5.92 Å². The highest BCUT2D eigenvalue weighted by molar-refractivity contribution is 5.72. The Morgan fingerprint density at radius 3 is 2.56 bits per heavy atom. The summed E-state index contributed by atoms with van der Waals surface area (Å²) < 4.78 is 1.81. The van der Waals surface area contributed by atoms with Gasteiger partial charge in [-0.05, 0) is 18.8 Å². The third-order valence-corrected chi connectivity index (χ3v) is 3.80. The maximum atomic E-state index is 11.4. The van der Waals surface area contributed by atoms with Crippen LogP contribution < -0.4 is 0 Å². The van der Waals surface area contributed by atoms with Crippen LogP contribution in [0.2, 0.25) is 0 Å². The van der Waals surface area contributed by atoms with Crippen molar-refractivity contribution in [2.75, 3.05) is 0 Å². The van der Waals surface area contributed by atoms with E-state index < -0.39 is 12.0 Å². The molecule has 0 saturated heterocycles. The van der Waals surface area contributed by atoms with Crippen molar-refractivity contribution in [3.05, 3.63) is 11.6 Å². The predicted molar refractivity (Wildman–Crippen MR) is 67.3 cm³/mol. The lowest BCUT2D eigenvalue weighted by Crippen LogP contribution is -2.28. The summed E-state index contributed by atoms with van der Waals surface area (Å²) in [7, 11) is 0. The predicted octanol–water partition coefficient (Wildman–Crippen LogP) is 2.21. The average Bonchev–Trinajstić information content (AvgIpc) is 2.54. The number of rotatable bonds is 5. The molecule has 1 aliphatic rings. The molecule has 5 heteroatoms. The van der Waals surface area contributed by atoms with E-state index in [4.69, 9.17) is 0 Å². The topological polar surface area (TPSA) is 68.0 Å². The standard InChI is InChI=1S/C13H21N3O2/c1-8(2)12(13(17)18)16-9(3)14-15-11(16)7-10-5-4-6-10/h8,10,12H,4-7H2,1-3H3,(H,17,18). The van der Waals surface area contributed by atoms with E-state index in [1.165, 1.54) is 19.3 Å². The smallest absolute Gasteiger partial charge is 0.327 e. The van der Waals surface area contributed by atoms with Gasteiger partial charge in [0.1, 0.15) is 17.7 Å². The van der Waals surface area contributed by atoms with Gasteiger partial charge in [-0.2, -0.15) is 0 Å². The van der Waals surface area contributed by atoms with Gasteiger partial charge in [0.25, 0.3) is 0 Å². The van der Waals surface area contributed by atoms with E-state index >= 15 is 0 Å². The second-order valence-corrected chi connectivity index (χ2v) is 5.56. The van der Waals surface area contributed by atoms with Gasteiger partial charge in [0.2, 0.25) is 0 Å². The van der Waals surface area contributed by atoms with E-state index in [9.17, 15) is 9.90 Å². The van der Waals surface area contributed by atoms with Gasteiger partial charge >= 0.3 is 5.97 Å².